The third kappa shape index (κ3) is 3.06. The van der Waals surface area contributed by atoms with Gasteiger partial charge in [0, 0.05) is 24.8 Å². The second-order valence-electron chi connectivity index (χ2n) is 5.36. The van der Waals surface area contributed by atoms with E-state index in [2.05, 4.69) is 29.5 Å². The van der Waals surface area contributed by atoms with Crippen LogP contribution in [0.15, 0.2) is 18.3 Å². The van der Waals surface area contributed by atoms with E-state index in [-0.39, 0.29) is 5.91 Å². The Balaban J connectivity index is 2.01. The number of nitrogens with zero attached hydrogens (tertiary/aromatic N) is 1. The lowest BCUT2D eigenvalue weighted by atomic mass is 9.93. The summed E-state index contributed by atoms with van der Waals surface area (Å²) >= 11 is 0. The molecule has 4 heteroatoms. The number of aromatic nitrogens is 1. The lowest BCUT2D eigenvalue weighted by molar-refractivity contribution is 0.0926. The van der Waals surface area contributed by atoms with Crippen LogP contribution < -0.4 is 10.6 Å². The molecular formula is C15H23N3O. The average Bonchev–Trinajstić information content (AvgIpc) is 2.79. The third-order valence-electron chi connectivity index (χ3n) is 4.35. The molecule has 104 valence electrons. The van der Waals surface area contributed by atoms with Crippen LogP contribution >= 0.6 is 0 Å². The molecule has 1 amide bonds. The van der Waals surface area contributed by atoms with Crippen molar-refractivity contribution in [3.63, 3.8) is 0 Å². The predicted octanol–water partition coefficient (Wildman–Crippen LogP) is 2.68. The van der Waals surface area contributed by atoms with E-state index in [1.54, 1.807) is 25.4 Å². The van der Waals surface area contributed by atoms with Gasteiger partial charge in [-0.2, -0.15) is 0 Å². The van der Waals surface area contributed by atoms with Crippen LogP contribution in [0.2, 0.25) is 0 Å². The zero-order valence-corrected chi connectivity index (χ0v) is 11.9. The number of amides is 1. The highest BCUT2D eigenvalue weighted by Crippen LogP contribution is 2.33. The van der Waals surface area contributed by atoms with Crippen molar-refractivity contribution in [2.75, 3.05) is 12.4 Å². The molecule has 1 aliphatic carbocycles. The van der Waals surface area contributed by atoms with E-state index < -0.39 is 0 Å². The van der Waals surface area contributed by atoms with Crippen LogP contribution in [0.5, 0.6) is 0 Å². The molecule has 0 saturated heterocycles. The van der Waals surface area contributed by atoms with Gasteiger partial charge in [-0.05, 0) is 36.8 Å². The van der Waals surface area contributed by atoms with E-state index in [1.165, 1.54) is 12.8 Å². The maximum Gasteiger partial charge on any atom is 0.251 e. The normalized spacial score (nSPS) is 26.2. The summed E-state index contributed by atoms with van der Waals surface area (Å²) in [6.07, 6.45) is 5.18. The number of nitrogens with one attached hydrogen (secondary N) is 2. The predicted molar refractivity (Wildman–Crippen MR) is 77.2 cm³/mol. The fraction of sp³-hybridized carbons (Fsp3) is 0.600. The summed E-state index contributed by atoms with van der Waals surface area (Å²) in [5, 5.41) is 6.12. The minimum Gasteiger partial charge on any atom is -0.373 e. The Morgan fingerprint density at radius 1 is 1.47 bits per heavy atom. The standard InChI is InChI=1S/C15H23N3O/c1-4-11-5-6-13(10(11)2)18-15(19)12-7-8-17-14(9-12)16-3/h7-11,13H,4-6H2,1-3H3,(H,16,17)(H,18,19). The molecule has 1 saturated carbocycles. The summed E-state index contributed by atoms with van der Waals surface area (Å²) < 4.78 is 0. The highest BCUT2D eigenvalue weighted by atomic mass is 16.1. The lowest BCUT2D eigenvalue weighted by Gasteiger charge is -2.21. The summed E-state index contributed by atoms with van der Waals surface area (Å²) in [7, 11) is 1.80. The largest absolute Gasteiger partial charge is 0.373 e. The van der Waals surface area contributed by atoms with E-state index in [9.17, 15) is 4.79 Å². The van der Waals surface area contributed by atoms with Gasteiger partial charge in [-0.15, -0.1) is 0 Å². The molecule has 1 aromatic rings. The maximum absolute atomic E-state index is 12.2. The molecule has 2 N–H and O–H groups in total. The van der Waals surface area contributed by atoms with Crippen molar-refractivity contribution in [1.82, 2.24) is 10.3 Å². The van der Waals surface area contributed by atoms with E-state index >= 15 is 0 Å². The summed E-state index contributed by atoms with van der Waals surface area (Å²) in [5.41, 5.74) is 0.673. The quantitative estimate of drug-likeness (QED) is 0.876. The molecule has 2 rings (SSSR count). The maximum atomic E-state index is 12.2. The van der Waals surface area contributed by atoms with E-state index in [0.717, 1.165) is 18.2 Å². The molecule has 19 heavy (non-hydrogen) atoms. The molecule has 1 heterocycles. The van der Waals surface area contributed by atoms with Gasteiger partial charge in [0.05, 0.1) is 0 Å². The Hall–Kier alpha value is -1.58. The first-order valence-corrected chi connectivity index (χ1v) is 7.10. The minimum atomic E-state index is 0.00695. The second-order valence-corrected chi connectivity index (χ2v) is 5.36. The monoisotopic (exact) mass is 261 g/mol. The summed E-state index contributed by atoms with van der Waals surface area (Å²) in [5.74, 6) is 2.04. The zero-order valence-electron chi connectivity index (χ0n) is 11.9. The van der Waals surface area contributed by atoms with Gasteiger partial charge in [0.2, 0.25) is 0 Å². The fourth-order valence-corrected chi connectivity index (χ4v) is 2.99. The van der Waals surface area contributed by atoms with E-state index in [4.69, 9.17) is 0 Å². The fourth-order valence-electron chi connectivity index (χ4n) is 2.99. The molecule has 1 aliphatic rings. The van der Waals surface area contributed by atoms with Gasteiger partial charge < -0.3 is 10.6 Å². The average molecular weight is 261 g/mol. The number of hydrogen-bond acceptors (Lipinski definition) is 3. The van der Waals surface area contributed by atoms with Gasteiger partial charge in [-0.25, -0.2) is 4.98 Å². The molecule has 4 nitrogen and oxygen atoms in total. The van der Waals surface area contributed by atoms with Crippen LogP contribution in [0.25, 0.3) is 0 Å². The van der Waals surface area contributed by atoms with E-state index in [0.29, 0.717) is 17.5 Å². The first-order chi connectivity index (χ1) is 9.15. The van der Waals surface area contributed by atoms with Gasteiger partial charge in [-0.1, -0.05) is 20.3 Å². The molecule has 0 bridgehead atoms. The van der Waals surface area contributed by atoms with Gasteiger partial charge in [0.25, 0.3) is 5.91 Å². The Labute approximate surface area is 115 Å². The van der Waals surface area contributed by atoms with Gasteiger partial charge in [-0.3, -0.25) is 4.79 Å². The first kappa shape index (κ1) is 13.8. The van der Waals surface area contributed by atoms with Crippen LogP contribution in [-0.2, 0) is 0 Å². The number of pyridine rings is 1. The molecule has 1 aromatic heterocycles. The van der Waals surface area contributed by atoms with Crippen molar-refractivity contribution in [1.29, 1.82) is 0 Å². The Kier molecular flexibility index (Phi) is 4.40. The van der Waals surface area contributed by atoms with E-state index in [1.807, 2.05) is 0 Å². The molecule has 3 atom stereocenters. The van der Waals surface area contributed by atoms with Crippen LogP contribution in [0, 0.1) is 11.8 Å². The van der Waals surface area contributed by atoms with Gasteiger partial charge in [0.1, 0.15) is 5.82 Å². The molecule has 3 unspecified atom stereocenters. The van der Waals surface area contributed by atoms with Crippen molar-refractivity contribution in [3.8, 4) is 0 Å². The number of carbonyl (C=O) groups is 1. The summed E-state index contributed by atoms with van der Waals surface area (Å²) in [6, 6.07) is 3.85. The van der Waals surface area contributed by atoms with Crippen LogP contribution in [0.1, 0.15) is 43.5 Å². The highest BCUT2D eigenvalue weighted by molar-refractivity contribution is 5.95. The highest BCUT2D eigenvalue weighted by Gasteiger charge is 2.32. The topological polar surface area (TPSA) is 54.0 Å². The van der Waals surface area contributed by atoms with Crippen molar-refractivity contribution in [2.24, 2.45) is 11.8 Å². The number of anilines is 1. The molecular weight excluding hydrogens is 238 g/mol. The van der Waals surface area contributed by atoms with Crippen molar-refractivity contribution in [2.45, 2.75) is 39.2 Å². The number of hydrogen-bond donors (Lipinski definition) is 2. The Morgan fingerprint density at radius 3 is 2.89 bits per heavy atom. The summed E-state index contributed by atoms with van der Waals surface area (Å²) in [4.78, 5) is 16.4. The smallest absolute Gasteiger partial charge is 0.251 e. The van der Waals surface area contributed by atoms with Gasteiger partial charge in [0.15, 0.2) is 0 Å². The number of rotatable bonds is 4. The SMILES string of the molecule is CCC1CCC(NC(=O)c2ccnc(NC)c2)C1C. The molecule has 0 radical (unpaired) electrons. The van der Waals surface area contributed by atoms with Crippen LogP contribution in [0.4, 0.5) is 5.82 Å². The number of carbonyl (C=O) groups excluding carboxylic acids is 1. The van der Waals surface area contributed by atoms with Gasteiger partial charge >= 0.3 is 0 Å². The molecule has 0 aromatic carbocycles. The molecule has 0 spiro atoms. The molecule has 1 fully saturated rings. The van der Waals surface area contributed by atoms with Crippen molar-refractivity contribution in [3.05, 3.63) is 23.9 Å². The first-order valence-electron chi connectivity index (χ1n) is 7.10. The summed E-state index contributed by atoms with van der Waals surface area (Å²) in [6.45, 7) is 4.48. The lowest BCUT2D eigenvalue weighted by Crippen LogP contribution is -2.37. The molecule has 0 aliphatic heterocycles. The third-order valence-corrected chi connectivity index (χ3v) is 4.35. The van der Waals surface area contributed by atoms with Crippen LogP contribution in [-0.4, -0.2) is 24.0 Å². The zero-order chi connectivity index (χ0) is 13.8. The van der Waals surface area contributed by atoms with Crippen LogP contribution in [0.3, 0.4) is 0 Å². The minimum absolute atomic E-state index is 0.00695. The Bertz CT molecular complexity index is 447. The van der Waals surface area contributed by atoms with Crippen molar-refractivity contribution >= 4 is 11.7 Å². The Morgan fingerprint density at radius 2 is 2.26 bits per heavy atom. The van der Waals surface area contributed by atoms with Crippen molar-refractivity contribution < 1.29 is 4.79 Å². The second kappa shape index (κ2) is 6.04.